The van der Waals surface area contributed by atoms with Crippen LogP contribution in [0.1, 0.15) is 31.2 Å². The molecule has 3 N–H and O–H groups in total. The van der Waals surface area contributed by atoms with Gasteiger partial charge >= 0.3 is 0 Å². The Morgan fingerprint density at radius 2 is 1.95 bits per heavy atom. The number of carbonyl (C=O) groups excluding carboxylic acids is 2. The van der Waals surface area contributed by atoms with Gasteiger partial charge in [-0.1, -0.05) is 23.7 Å². The minimum absolute atomic E-state index is 0.182. The van der Waals surface area contributed by atoms with Crippen LogP contribution in [0.25, 0.3) is 0 Å². The van der Waals surface area contributed by atoms with Gasteiger partial charge in [-0.2, -0.15) is 0 Å². The minimum atomic E-state index is -0.326. The highest BCUT2D eigenvalue weighted by Gasteiger charge is 2.00. The van der Waals surface area contributed by atoms with E-state index in [1.807, 2.05) is 0 Å². The van der Waals surface area contributed by atoms with Gasteiger partial charge in [-0.3, -0.25) is 9.59 Å². The number of benzene rings is 1. The zero-order chi connectivity index (χ0) is 16.2. The summed E-state index contributed by atoms with van der Waals surface area (Å²) in [6.07, 6.45) is 4.10. The van der Waals surface area contributed by atoms with Gasteiger partial charge in [0.05, 0.1) is 6.21 Å². The predicted molar refractivity (Wildman–Crippen MR) is 80.6 cm³/mol. The zero-order valence-corrected chi connectivity index (χ0v) is 12.3. The first kappa shape index (κ1) is 17.6. The number of nitrogens with one attached hydrogen (secondary N) is 1. The molecule has 0 bridgehead atoms. The summed E-state index contributed by atoms with van der Waals surface area (Å²) in [6.45, 7) is 0.335. The Bertz CT molecular complexity index is 503. The first-order valence-electron chi connectivity index (χ1n) is 7.04. The maximum atomic E-state index is 12.7. The molecule has 7 heteroatoms. The maximum Gasteiger partial charge on any atom is 0.260 e. The van der Waals surface area contributed by atoms with Crippen molar-refractivity contribution in [2.75, 3.05) is 13.2 Å². The van der Waals surface area contributed by atoms with Crippen molar-refractivity contribution in [3.05, 3.63) is 35.6 Å². The molecule has 6 nitrogen and oxygen atoms in total. The number of halogens is 1. The van der Waals surface area contributed by atoms with Crippen LogP contribution in [0.5, 0.6) is 0 Å². The lowest BCUT2D eigenvalue weighted by Crippen LogP contribution is -2.27. The molecule has 0 heterocycles. The number of nitrogens with zero attached hydrogens (tertiary/aromatic N) is 1. The molecule has 1 aromatic carbocycles. The van der Waals surface area contributed by atoms with Crippen molar-refractivity contribution in [2.45, 2.75) is 25.7 Å². The van der Waals surface area contributed by atoms with E-state index in [1.165, 1.54) is 18.3 Å². The van der Waals surface area contributed by atoms with Gasteiger partial charge in [-0.15, -0.1) is 0 Å². The molecule has 0 saturated heterocycles. The van der Waals surface area contributed by atoms with E-state index in [0.717, 1.165) is 19.3 Å². The third-order valence-electron chi connectivity index (χ3n) is 2.76. The first-order chi connectivity index (χ1) is 10.6. The second kappa shape index (κ2) is 10.3. The number of hydrogen-bond donors (Lipinski definition) is 2. The van der Waals surface area contributed by atoms with Gasteiger partial charge in [-0.05, 0) is 30.5 Å². The van der Waals surface area contributed by atoms with E-state index in [4.69, 9.17) is 10.6 Å². The summed E-state index contributed by atoms with van der Waals surface area (Å²) in [7, 11) is 0. The van der Waals surface area contributed by atoms with E-state index < -0.39 is 0 Å². The normalized spacial score (nSPS) is 10.6. The van der Waals surface area contributed by atoms with Gasteiger partial charge < -0.3 is 15.9 Å². The summed E-state index contributed by atoms with van der Waals surface area (Å²) in [6, 6.07) is 5.72. The third kappa shape index (κ3) is 8.68. The van der Waals surface area contributed by atoms with Crippen molar-refractivity contribution >= 4 is 18.0 Å². The molecule has 1 aromatic rings. The molecule has 0 spiro atoms. The van der Waals surface area contributed by atoms with Crippen molar-refractivity contribution in [3.63, 3.8) is 0 Å². The van der Waals surface area contributed by atoms with Gasteiger partial charge in [0.2, 0.25) is 5.91 Å². The Morgan fingerprint density at radius 3 is 2.64 bits per heavy atom. The van der Waals surface area contributed by atoms with E-state index in [2.05, 4.69) is 10.5 Å². The molecular weight excluding hydrogens is 289 g/mol. The third-order valence-corrected chi connectivity index (χ3v) is 2.76. The van der Waals surface area contributed by atoms with Crippen LogP contribution < -0.4 is 11.1 Å². The second-order valence-electron chi connectivity index (χ2n) is 4.69. The number of oxime groups is 1. The lowest BCUT2D eigenvalue weighted by Gasteiger charge is -2.03. The smallest absolute Gasteiger partial charge is 0.260 e. The topological polar surface area (TPSA) is 93.8 Å². The van der Waals surface area contributed by atoms with Gasteiger partial charge in [-0.25, -0.2) is 4.39 Å². The molecule has 0 aromatic heterocycles. The Hall–Kier alpha value is -2.44. The fourth-order valence-corrected chi connectivity index (χ4v) is 1.62. The van der Waals surface area contributed by atoms with Crippen LogP contribution in [0.3, 0.4) is 0 Å². The summed E-state index contributed by atoms with van der Waals surface area (Å²) in [5, 5.41) is 6.30. The molecule has 0 aliphatic rings. The van der Waals surface area contributed by atoms with Crippen LogP contribution in [0.4, 0.5) is 4.39 Å². The van der Waals surface area contributed by atoms with Crippen molar-refractivity contribution in [1.82, 2.24) is 5.32 Å². The number of amides is 2. The van der Waals surface area contributed by atoms with Crippen molar-refractivity contribution < 1.29 is 18.8 Å². The van der Waals surface area contributed by atoms with Crippen LogP contribution in [0.2, 0.25) is 0 Å². The highest BCUT2D eigenvalue weighted by Crippen LogP contribution is 2.00. The summed E-state index contributed by atoms with van der Waals surface area (Å²) in [4.78, 5) is 26.8. The Morgan fingerprint density at radius 1 is 1.23 bits per heavy atom. The summed E-state index contributed by atoms with van der Waals surface area (Å²) < 4.78 is 12.7. The van der Waals surface area contributed by atoms with Crippen molar-refractivity contribution in [1.29, 1.82) is 0 Å². The van der Waals surface area contributed by atoms with Crippen LogP contribution in [-0.2, 0) is 14.4 Å². The fraction of sp³-hybridized carbons (Fsp3) is 0.400. The zero-order valence-electron chi connectivity index (χ0n) is 12.3. The quantitative estimate of drug-likeness (QED) is 0.388. The SMILES string of the molecule is NC(=O)CCCCCNC(=O)CO/N=C/c1ccc(F)cc1. The van der Waals surface area contributed by atoms with Crippen LogP contribution in [0.15, 0.2) is 29.4 Å². The number of unbranched alkanes of at least 4 members (excludes halogenated alkanes) is 2. The monoisotopic (exact) mass is 309 g/mol. The van der Waals surface area contributed by atoms with Crippen molar-refractivity contribution in [2.24, 2.45) is 10.9 Å². The minimum Gasteiger partial charge on any atom is -0.386 e. The number of rotatable bonds is 10. The molecular formula is C15H20FN3O3. The summed E-state index contributed by atoms with van der Waals surface area (Å²) in [5.74, 6) is -0.907. The molecule has 22 heavy (non-hydrogen) atoms. The van der Waals surface area contributed by atoms with Crippen LogP contribution >= 0.6 is 0 Å². The molecule has 0 radical (unpaired) electrons. The van der Waals surface area contributed by atoms with Gasteiger partial charge in [0.15, 0.2) is 6.61 Å². The van der Waals surface area contributed by atoms with E-state index in [0.29, 0.717) is 18.5 Å². The molecule has 0 atom stereocenters. The summed E-state index contributed by atoms with van der Waals surface area (Å²) >= 11 is 0. The van der Waals surface area contributed by atoms with Gasteiger partial charge in [0.25, 0.3) is 5.91 Å². The lowest BCUT2D eigenvalue weighted by atomic mass is 10.2. The number of nitrogens with two attached hydrogens (primary N) is 1. The highest BCUT2D eigenvalue weighted by molar-refractivity contribution is 5.79. The van der Waals surface area contributed by atoms with Gasteiger partial charge in [0, 0.05) is 13.0 Å². The number of carbonyl (C=O) groups is 2. The maximum absolute atomic E-state index is 12.7. The fourth-order valence-electron chi connectivity index (χ4n) is 1.62. The second-order valence-corrected chi connectivity index (χ2v) is 4.69. The van der Waals surface area contributed by atoms with E-state index in [-0.39, 0.29) is 24.2 Å². The van der Waals surface area contributed by atoms with Crippen molar-refractivity contribution in [3.8, 4) is 0 Å². The number of hydrogen-bond acceptors (Lipinski definition) is 4. The molecule has 0 fully saturated rings. The van der Waals surface area contributed by atoms with E-state index in [1.54, 1.807) is 12.1 Å². The average Bonchev–Trinajstić information content (AvgIpc) is 2.49. The molecule has 0 unspecified atom stereocenters. The van der Waals surface area contributed by atoms with Crippen LogP contribution in [-0.4, -0.2) is 31.2 Å². The molecule has 0 saturated carbocycles. The Labute approximate surface area is 128 Å². The molecule has 1 rings (SSSR count). The number of primary amides is 1. The summed E-state index contributed by atoms with van der Waals surface area (Å²) in [5.41, 5.74) is 5.69. The Balaban J connectivity index is 2.05. The van der Waals surface area contributed by atoms with E-state index >= 15 is 0 Å². The predicted octanol–water partition coefficient (Wildman–Crippen LogP) is 1.34. The largest absolute Gasteiger partial charge is 0.386 e. The molecule has 120 valence electrons. The molecule has 2 amide bonds. The molecule has 0 aliphatic heterocycles. The first-order valence-corrected chi connectivity index (χ1v) is 7.04. The molecule has 0 aliphatic carbocycles. The van der Waals surface area contributed by atoms with Crippen LogP contribution in [0, 0.1) is 5.82 Å². The van der Waals surface area contributed by atoms with Gasteiger partial charge in [0.1, 0.15) is 5.82 Å². The average molecular weight is 309 g/mol. The van der Waals surface area contributed by atoms with E-state index in [9.17, 15) is 14.0 Å². The Kier molecular flexibility index (Phi) is 8.25. The highest BCUT2D eigenvalue weighted by atomic mass is 19.1. The lowest BCUT2D eigenvalue weighted by molar-refractivity contribution is -0.125. The standard InChI is InChI=1S/C15H20FN3O3/c16-13-7-5-12(6-8-13)10-19-22-11-15(21)18-9-3-1-2-4-14(17)20/h5-8,10H,1-4,9,11H2,(H2,17,20)(H,18,21)/b19-10+.